The Morgan fingerprint density at radius 2 is 2.06 bits per heavy atom. The maximum atomic E-state index is 11.9. The van der Waals surface area contributed by atoms with Crippen LogP contribution in [0.1, 0.15) is 38.5 Å². The minimum Gasteiger partial charge on any atom is -0.481 e. The highest BCUT2D eigenvalue weighted by Gasteiger charge is 2.37. The van der Waals surface area contributed by atoms with E-state index in [0.29, 0.717) is 0 Å². The lowest BCUT2D eigenvalue weighted by Gasteiger charge is -2.29. The van der Waals surface area contributed by atoms with Gasteiger partial charge in [0, 0.05) is 11.8 Å². The summed E-state index contributed by atoms with van der Waals surface area (Å²) in [5.74, 6) is 1.21. The van der Waals surface area contributed by atoms with Gasteiger partial charge in [-0.2, -0.15) is 11.8 Å². The van der Waals surface area contributed by atoms with E-state index in [1.165, 1.54) is 0 Å². The molecule has 18 heavy (non-hydrogen) atoms. The number of carbonyl (C=O) groups excluding carboxylic acids is 1. The van der Waals surface area contributed by atoms with Gasteiger partial charge in [-0.05, 0) is 25.0 Å². The Balaban J connectivity index is 1.87. The lowest BCUT2D eigenvalue weighted by molar-refractivity contribution is -0.138. The van der Waals surface area contributed by atoms with Crippen molar-refractivity contribution in [1.82, 2.24) is 10.6 Å². The topological polar surface area (TPSA) is 78.4 Å². The summed E-state index contributed by atoms with van der Waals surface area (Å²) in [6.07, 6.45) is 4.56. The van der Waals surface area contributed by atoms with Gasteiger partial charge in [-0.3, -0.25) is 4.79 Å². The summed E-state index contributed by atoms with van der Waals surface area (Å²) in [5, 5.41) is 14.8. The van der Waals surface area contributed by atoms with Crippen LogP contribution in [-0.2, 0) is 4.79 Å². The van der Waals surface area contributed by atoms with Crippen LogP contribution in [0.25, 0.3) is 0 Å². The van der Waals surface area contributed by atoms with E-state index in [9.17, 15) is 9.59 Å². The molecule has 3 N–H and O–H groups in total. The maximum Gasteiger partial charge on any atom is 0.315 e. The molecule has 2 rings (SSSR count). The zero-order chi connectivity index (χ0) is 13.0. The summed E-state index contributed by atoms with van der Waals surface area (Å²) in [7, 11) is 0. The molecule has 1 aliphatic carbocycles. The van der Waals surface area contributed by atoms with Crippen LogP contribution in [0.4, 0.5) is 4.79 Å². The van der Waals surface area contributed by atoms with Crippen LogP contribution in [0.5, 0.6) is 0 Å². The molecule has 2 aliphatic rings. The molecule has 1 aliphatic heterocycles. The Labute approximate surface area is 111 Å². The third kappa shape index (κ3) is 3.54. The number of aliphatic carboxylic acids is 1. The van der Waals surface area contributed by atoms with Crippen molar-refractivity contribution in [2.24, 2.45) is 0 Å². The first kappa shape index (κ1) is 13.5. The van der Waals surface area contributed by atoms with Crippen molar-refractivity contribution >= 4 is 23.8 Å². The first-order chi connectivity index (χ1) is 8.60. The van der Waals surface area contributed by atoms with Gasteiger partial charge in [0.15, 0.2) is 0 Å². The number of carboxylic acid groups (broad SMARTS) is 1. The van der Waals surface area contributed by atoms with Gasteiger partial charge in [0.1, 0.15) is 0 Å². The quantitative estimate of drug-likeness (QED) is 0.726. The minimum atomic E-state index is -0.839. The highest BCUT2D eigenvalue weighted by Crippen LogP contribution is 2.32. The van der Waals surface area contributed by atoms with E-state index in [-0.39, 0.29) is 18.5 Å². The van der Waals surface area contributed by atoms with Crippen molar-refractivity contribution in [2.45, 2.75) is 50.1 Å². The second kappa shape index (κ2) is 5.82. The highest BCUT2D eigenvalue weighted by atomic mass is 32.2. The summed E-state index contributed by atoms with van der Waals surface area (Å²) < 4.78 is 0. The van der Waals surface area contributed by atoms with Crippen molar-refractivity contribution in [3.63, 3.8) is 0 Å². The molecule has 2 fully saturated rings. The van der Waals surface area contributed by atoms with Crippen molar-refractivity contribution in [2.75, 3.05) is 11.5 Å². The zero-order valence-corrected chi connectivity index (χ0v) is 11.2. The van der Waals surface area contributed by atoms with E-state index in [2.05, 4.69) is 10.6 Å². The Morgan fingerprint density at radius 1 is 1.33 bits per heavy atom. The molecule has 0 aromatic carbocycles. The van der Waals surface area contributed by atoms with E-state index in [1.54, 1.807) is 0 Å². The summed E-state index contributed by atoms with van der Waals surface area (Å²) in [6.45, 7) is 0. The molecule has 5 nitrogen and oxygen atoms in total. The number of hydrogen-bond donors (Lipinski definition) is 3. The molecular formula is C12H20N2O3S. The summed E-state index contributed by atoms with van der Waals surface area (Å²) in [4.78, 5) is 22.8. The van der Waals surface area contributed by atoms with Crippen molar-refractivity contribution < 1.29 is 14.7 Å². The van der Waals surface area contributed by atoms with E-state index in [4.69, 9.17) is 5.11 Å². The highest BCUT2D eigenvalue weighted by molar-refractivity contribution is 7.99. The van der Waals surface area contributed by atoms with Crippen LogP contribution in [0.3, 0.4) is 0 Å². The second-order valence-electron chi connectivity index (χ2n) is 5.22. The first-order valence-corrected chi connectivity index (χ1v) is 7.63. The van der Waals surface area contributed by atoms with Crippen molar-refractivity contribution in [3.8, 4) is 0 Å². The van der Waals surface area contributed by atoms with Crippen molar-refractivity contribution in [3.05, 3.63) is 0 Å². The van der Waals surface area contributed by atoms with Gasteiger partial charge >= 0.3 is 12.0 Å². The Kier molecular flexibility index (Phi) is 4.37. The Hall–Kier alpha value is -0.910. The predicted molar refractivity (Wildman–Crippen MR) is 70.8 cm³/mol. The van der Waals surface area contributed by atoms with Crippen LogP contribution in [0, 0.1) is 0 Å². The molecule has 0 radical (unpaired) electrons. The number of urea groups is 1. The summed E-state index contributed by atoms with van der Waals surface area (Å²) in [5.41, 5.74) is -0.526. The fraction of sp³-hybridized carbons (Fsp3) is 0.833. The SMILES string of the molecule is O=C(O)CC1(NC(=O)NC2CCSC2)CCCC1. The van der Waals surface area contributed by atoms with E-state index >= 15 is 0 Å². The minimum absolute atomic E-state index is 0.0276. The first-order valence-electron chi connectivity index (χ1n) is 6.48. The molecule has 6 heteroatoms. The van der Waals surface area contributed by atoms with Crippen LogP contribution in [0.15, 0.2) is 0 Å². The van der Waals surface area contributed by atoms with Crippen LogP contribution in [0.2, 0.25) is 0 Å². The molecule has 102 valence electrons. The normalized spacial score (nSPS) is 25.9. The number of rotatable bonds is 4. The third-order valence-electron chi connectivity index (χ3n) is 3.69. The van der Waals surface area contributed by atoms with Gasteiger partial charge in [0.2, 0.25) is 0 Å². The lowest BCUT2D eigenvalue weighted by atomic mass is 9.93. The summed E-state index contributed by atoms with van der Waals surface area (Å²) in [6, 6.07) is 0.0314. The lowest BCUT2D eigenvalue weighted by Crippen LogP contribution is -2.53. The maximum absolute atomic E-state index is 11.9. The third-order valence-corrected chi connectivity index (χ3v) is 4.86. The Bertz CT molecular complexity index is 323. The molecule has 0 spiro atoms. The number of thioether (sulfide) groups is 1. The molecule has 1 unspecified atom stereocenters. The number of amides is 2. The molecule has 1 heterocycles. The monoisotopic (exact) mass is 272 g/mol. The van der Waals surface area contributed by atoms with Gasteiger partial charge in [-0.15, -0.1) is 0 Å². The van der Waals surface area contributed by atoms with E-state index in [0.717, 1.165) is 43.6 Å². The van der Waals surface area contributed by atoms with Gasteiger partial charge in [0.05, 0.1) is 12.0 Å². The largest absolute Gasteiger partial charge is 0.481 e. The van der Waals surface area contributed by atoms with E-state index < -0.39 is 11.5 Å². The van der Waals surface area contributed by atoms with Gasteiger partial charge in [0.25, 0.3) is 0 Å². The average molecular weight is 272 g/mol. The molecule has 1 saturated heterocycles. The molecule has 2 amide bonds. The van der Waals surface area contributed by atoms with Crippen LogP contribution < -0.4 is 10.6 Å². The zero-order valence-electron chi connectivity index (χ0n) is 10.4. The smallest absolute Gasteiger partial charge is 0.315 e. The van der Waals surface area contributed by atoms with Crippen LogP contribution in [-0.4, -0.2) is 40.2 Å². The molecule has 0 bridgehead atoms. The van der Waals surface area contributed by atoms with Gasteiger partial charge in [-0.25, -0.2) is 4.79 Å². The van der Waals surface area contributed by atoms with E-state index in [1.807, 2.05) is 11.8 Å². The van der Waals surface area contributed by atoms with Gasteiger partial charge < -0.3 is 15.7 Å². The second-order valence-corrected chi connectivity index (χ2v) is 6.37. The Morgan fingerprint density at radius 3 is 2.61 bits per heavy atom. The summed E-state index contributed by atoms with van der Waals surface area (Å²) >= 11 is 1.84. The fourth-order valence-electron chi connectivity index (χ4n) is 2.80. The fourth-order valence-corrected chi connectivity index (χ4v) is 3.95. The van der Waals surface area contributed by atoms with Crippen molar-refractivity contribution in [1.29, 1.82) is 0 Å². The molecule has 1 atom stereocenters. The number of carbonyl (C=O) groups is 2. The number of carboxylic acids is 1. The standard InChI is InChI=1S/C12H20N2O3S/c15-10(16)7-12(4-1-2-5-12)14-11(17)13-9-3-6-18-8-9/h9H,1-8H2,(H,15,16)(H2,13,14,17). The molecule has 0 aromatic rings. The van der Waals surface area contributed by atoms with Gasteiger partial charge in [-0.1, -0.05) is 12.8 Å². The molecular weight excluding hydrogens is 252 g/mol. The number of nitrogens with one attached hydrogen (secondary N) is 2. The average Bonchev–Trinajstić information content (AvgIpc) is 2.89. The predicted octanol–water partition coefficient (Wildman–Crippen LogP) is 1.58. The molecule has 1 saturated carbocycles. The van der Waals surface area contributed by atoms with Crippen LogP contribution >= 0.6 is 11.8 Å². The number of hydrogen-bond acceptors (Lipinski definition) is 3. The molecule has 0 aromatic heterocycles.